The Balaban J connectivity index is 2.16. The number of hydrogen-bond donors (Lipinski definition) is 1. The molecule has 0 heterocycles. The van der Waals surface area contributed by atoms with E-state index < -0.39 is 0 Å². The highest BCUT2D eigenvalue weighted by atomic mass is 16.5. The molecule has 1 aliphatic carbocycles. The fourth-order valence-corrected chi connectivity index (χ4v) is 3.49. The number of nitrogens with zero attached hydrogens (tertiary/aromatic N) is 1. The van der Waals surface area contributed by atoms with Gasteiger partial charge in [0.15, 0.2) is 0 Å². The largest absolute Gasteiger partial charge is 0.497 e. The number of ether oxygens (including phenoxy) is 1. The number of benzene rings is 1. The van der Waals surface area contributed by atoms with E-state index in [1.165, 1.54) is 37.8 Å². The Kier molecular flexibility index (Phi) is 6.37. The summed E-state index contributed by atoms with van der Waals surface area (Å²) in [7, 11) is 1.73. The van der Waals surface area contributed by atoms with Gasteiger partial charge in [-0.05, 0) is 43.9 Å². The van der Waals surface area contributed by atoms with Gasteiger partial charge in [-0.25, -0.2) is 0 Å². The summed E-state index contributed by atoms with van der Waals surface area (Å²) in [5, 5.41) is 0. The molecule has 21 heavy (non-hydrogen) atoms. The monoisotopic (exact) mass is 290 g/mol. The molecule has 2 unspecified atom stereocenters. The summed E-state index contributed by atoms with van der Waals surface area (Å²) in [6, 6.07) is 9.12. The third-order valence-electron chi connectivity index (χ3n) is 4.76. The average molecular weight is 290 g/mol. The van der Waals surface area contributed by atoms with Crippen molar-refractivity contribution in [2.75, 3.05) is 25.1 Å². The second kappa shape index (κ2) is 8.28. The lowest BCUT2D eigenvalue weighted by Crippen LogP contribution is -2.40. The van der Waals surface area contributed by atoms with Gasteiger partial charge in [-0.2, -0.15) is 0 Å². The predicted octanol–water partition coefficient (Wildman–Crippen LogP) is 3.82. The van der Waals surface area contributed by atoms with Gasteiger partial charge in [-0.1, -0.05) is 32.3 Å². The van der Waals surface area contributed by atoms with Crippen LogP contribution in [0.15, 0.2) is 24.3 Å². The van der Waals surface area contributed by atoms with Crippen LogP contribution in [-0.2, 0) is 0 Å². The maximum absolute atomic E-state index is 5.74. The fourth-order valence-electron chi connectivity index (χ4n) is 3.49. The van der Waals surface area contributed by atoms with Crippen molar-refractivity contribution in [2.45, 2.75) is 51.5 Å². The van der Waals surface area contributed by atoms with Crippen LogP contribution < -0.4 is 15.4 Å². The summed E-state index contributed by atoms with van der Waals surface area (Å²) >= 11 is 0. The summed E-state index contributed by atoms with van der Waals surface area (Å²) < 4.78 is 5.39. The van der Waals surface area contributed by atoms with Crippen molar-refractivity contribution in [1.82, 2.24) is 0 Å². The molecule has 0 amide bonds. The van der Waals surface area contributed by atoms with E-state index >= 15 is 0 Å². The summed E-state index contributed by atoms with van der Waals surface area (Å²) in [4.78, 5) is 2.57. The van der Waals surface area contributed by atoms with Crippen LogP contribution in [0.2, 0.25) is 0 Å². The Morgan fingerprint density at radius 3 is 2.90 bits per heavy atom. The lowest BCUT2D eigenvalue weighted by Gasteiger charge is -2.39. The van der Waals surface area contributed by atoms with Gasteiger partial charge in [-0.3, -0.25) is 0 Å². The molecule has 0 bridgehead atoms. The van der Waals surface area contributed by atoms with Crippen molar-refractivity contribution in [1.29, 1.82) is 0 Å². The minimum absolute atomic E-state index is 0.655. The molecule has 2 N–H and O–H groups in total. The molecule has 0 aromatic heterocycles. The van der Waals surface area contributed by atoms with Gasteiger partial charge in [0.25, 0.3) is 0 Å². The molecule has 1 aliphatic rings. The molecule has 0 saturated heterocycles. The molecule has 0 spiro atoms. The highest BCUT2D eigenvalue weighted by molar-refractivity contribution is 5.51. The smallest absolute Gasteiger partial charge is 0.120 e. The van der Waals surface area contributed by atoms with Gasteiger partial charge in [-0.15, -0.1) is 0 Å². The van der Waals surface area contributed by atoms with Crippen LogP contribution in [0.25, 0.3) is 0 Å². The second-order valence-corrected chi connectivity index (χ2v) is 6.13. The number of hydrogen-bond acceptors (Lipinski definition) is 3. The van der Waals surface area contributed by atoms with Crippen molar-refractivity contribution in [2.24, 2.45) is 11.7 Å². The van der Waals surface area contributed by atoms with E-state index in [0.29, 0.717) is 6.04 Å². The van der Waals surface area contributed by atoms with Crippen molar-refractivity contribution >= 4 is 5.69 Å². The Labute approximate surface area is 129 Å². The topological polar surface area (TPSA) is 38.5 Å². The van der Waals surface area contributed by atoms with Crippen molar-refractivity contribution in [3.8, 4) is 5.75 Å². The maximum Gasteiger partial charge on any atom is 0.120 e. The molecular weight excluding hydrogens is 260 g/mol. The van der Waals surface area contributed by atoms with E-state index in [-0.39, 0.29) is 0 Å². The predicted molar refractivity (Wildman–Crippen MR) is 90.0 cm³/mol. The lowest BCUT2D eigenvalue weighted by molar-refractivity contribution is 0.302. The molecule has 2 rings (SSSR count). The quantitative estimate of drug-likeness (QED) is 0.829. The maximum atomic E-state index is 5.74. The van der Waals surface area contributed by atoms with Gasteiger partial charge in [0.2, 0.25) is 0 Å². The first-order valence-corrected chi connectivity index (χ1v) is 8.39. The zero-order chi connectivity index (χ0) is 15.1. The Hall–Kier alpha value is -1.22. The molecule has 3 heteroatoms. The zero-order valence-electron chi connectivity index (χ0n) is 13.6. The van der Waals surface area contributed by atoms with Crippen LogP contribution in [0.5, 0.6) is 5.75 Å². The summed E-state index contributed by atoms with van der Waals surface area (Å²) in [5.41, 5.74) is 7.02. The van der Waals surface area contributed by atoms with Crippen LogP contribution >= 0.6 is 0 Å². The van der Waals surface area contributed by atoms with Gasteiger partial charge in [0, 0.05) is 24.3 Å². The normalized spacial score (nSPS) is 22.0. The highest BCUT2D eigenvalue weighted by Gasteiger charge is 2.26. The van der Waals surface area contributed by atoms with E-state index in [4.69, 9.17) is 10.5 Å². The van der Waals surface area contributed by atoms with E-state index in [1.54, 1.807) is 7.11 Å². The van der Waals surface area contributed by atoms with Gasteiger partial charge >= 0.3 is 0 Å². The lowest BCUT2D eigenvalue weighted by atomic mass is 9.83. The van der Waals surface area contributed by atoms with E-state index in [2.05, 4.69) is 30.0 Å². The van der Waals surface area contributed by atoms with Crippen LogP contribution in [0, 0.1) is 5.92 Å². The van der Waals surface area contributed by atoms with Crippen LogP contribution in [0.4, 0.5) is 5.69 Å². The summed E-state index contributed by atoms with van der Waals surface area (Å²) in [6.07, 6.45) is 7.72. The SMILES string of the molecule is CCC1CCCC(N(CCCN)c2cccc(OC)c2)C1. The van der Waals surface area contributed by atoms with Gasteiger partial charge in [0.1, 0.15) is 5.75 Å². The number of anilines is 1. The molecule has 1 aromatic carbocycles. The number of rotatable bonds is 7. The van der Waals surface area contributed by atoms with Gasteiger partial charge in [0.05, 0.1) is 7.11 Å². The standard InChI is InChI=1S/C18H30N2O/c1-3-15-7-4-8-16(13-15)20(12-6-11-19)17-9-5-10-18(14-17)21-2/h5,9-10,14-16H,3-4,6-8,11-13,19H2,1-2H3. The minimum Gasteiger partial charge on any atom is -0.497 e. The molecule has 2 atom stereocenters. The summed E-state index contributed by atoms with van der Waals surface area (Å²) in [6.45, 7) is 4.12. The first-order valence-electron chi connectivity index (χ1n) is 8.39. The van der Waals surface area contributed by atoms with E-state index in [0.717, 1.165) is 31.2 Å². The fraction of sp³-hybridized carbons (Fsp3) is 0.667. The Morgan fingerprint density at radius 2 is 2.19 bits per heavy atom. The number of methoxy groups -OCH3 is 1. The Morgan fingerprint density at radius 1 is 1.33 bits per heavy atom. The minimum atomic E-state index is 0.655. The molecular formula is C18H30N2O. The molecule has 0 aliphatic heterocycles. The van der Waals surface area contributed by atoms with Gasteiger partial charge < -0.3 is 15.4 Å². The highest BCUT2D eigenvalue weighted by Crippen LogP contribution is 2.33. The van der Waals surface area contributed by atoms with Crippen LogP contribution in [0.3, 0.4) is 0 Å². The van der Waals surface area contributed by atoms with E-state index in [9.17, 15) is 0 Å². The molecule has 1 saturated carbocycles. The van der Waals surface area contributed by atoms with Crippen LogP contribution in [0.1, 0.15) is 45.4 Å². The molecule has 1 aromatic rings. The zero-order valence-corrected chi connectivity index (χ0v) is 13.6. The van der Waals surface area contributed by atoms with Crippen molar-refractivity contribution in [3.05, 3.63) is 24.3 Å². The van der Waals surface area contributed by atoms with Crippen molar-refractivity contribution in [3.63, 3.8) is 0 Å². The second-order valence-electron chi connectivity index (χ2n) is 6.13. The molecule has 0 radical (unpaired) electrons. The first-order chi connectivity index (χ1) is 10.3. The third-order valence-corrected chi connectivity index (χ3v) is 4.76. The van der Waals surface area contributed by atoms with Crippen LogP contribution in [-0.4, -0.2) is 26.2 Å². The Bertz CT molecular complexity index is 421. The molecule has 3 nitrogen and oxygen atoms in total. The third kappa shape index (κ3) is 4.37. The van der Waals surface area contributed by atoms with E-state index in [1.807, 2.05) is 6.07 Å². The molecule has 118 valence electrons. The van der Waals surface area contributed by atoms with Crippen molar-refractivity contribution < 1.29 is 4.74 Å². The average Bonchev–Trinajstić information content (AvgIpc) is 2.55. The molecule has 1 fully saturated rings. The summed E-state index contributed by atoms with van der Waals surface area (Å²) in [5.74, 6) is 1.82. The first kappa shape index (κ1) is 16.2. The number of nitrogens with two attached hydrogens (primary N) is 1.